The molecular weight excluding hydrogens is 290 g/mol. The Hall–Kier alpha value is -3.15. The number of rotatable bonds is 2. The summed E-state index contributed by atoms with van der Waals surface area (Å²) in [6, 6.07) is 9.74. The minimum atomic E-state index is 0.376. The van der Waals surface area contributed by atoms with E-state index in [0.717, 1.165) is 39.3 Å². The number of nitrogens with two attached hydrogens (primary N) is 1. The molecule has 114 valence electrons. The fraction of sp³-hybridized carbons (Fsp3) is 0.118. The van der Waals surface area contributed by atoms with Crippen LogP contribution < -0.4 is 5.73 Å². The van der Waals surface area contributed by atoms with Gasteiger partial charge in [-0.3, -0.25) is 4.98 Å². The lowest BCUT2D eigenvalue weighted by molar-refractivity contribution is 0.561. The molecule has 1 aromatic carbocycles. The second-order valence-electron chi connectivity index (χ2n) is 5.45. The van der Waals surface area contributed by atoms with Gasteiger partial charge in [0.1, 0.15) is 5.52 Å². The molecule has 3 aromatic heterocycles. The molecule has 3 N–H and O–H groups in total. The number of pyridine rings is 1. The fourth-order valence-electron chi connectivity index (χ4n) is 2.70. The number of oxazole rings is 1. The Morgan fingerprint density at radius 3 is 2.74 bits per heavy atom. The average molecular weight is 305 g/mol. The van der Waals surface area contributed by atoms with Gasteiger partial charge in [-0.2, -0.15) is 0 Å². The number of nitrogens with zero attached hydrogens (tertiary/aromatic N) is 3. The minimum absolute atomic E-state index is 0.376. The number of nitrogens with one attached hydrogen (secondary N) is 1. The summed E-state index contributed by atoms with van der Waals surface area (Å²) in [5, 5.41) is 0. The molecule has 0 fully saturated rings. The fourth-order valence-corrected chi connectivity index (χ4v) is 2.70. The second kappa shape index (κ2) is 4.95. The molecule has 0 saturated carbocycles. The third kappa shape index (κ3) is 2.34. The number of anilines is 1. The Bertz CT molecular complexity index is 1010. The third-order valence-corrected chi connectivity index (χ3v) is 3.68. The number of benzene rings is 1. The SMILES string of the molecule is Cc1cc(-c2[nH]c(N)nc2-c2ccc3oc(C)nc3c2)ccn1. The predicted molar refractivity (Wildman–Crippen MR) is 88.7 cm³/mol. The molecule has 0 amide bonds. The number of aromatic nitrogens is 4. The van der Waals surface area contributed by atoms with Crippen LogP contribution in [0.15, 0.2) is 40.9 Å². The highest BCUT2D eigenvalue weighted by Gasteiger charge is 2.15. The predicted octanol–water partition coefficient (Wildman–Crippen LogP) is 3.48. The lowest BCUT2D eigenvalue weighted by Gasteiger charge is -2.04. The maximum atomic E-state index is 5.89. The van der Waals surface area contributed by atoms with Crippen molar-refractivity contribution < 1.29 is 4.42 Å². The molecule has 0 radical (unpaired) electrons. The van der Waals surface area contributed by atoms with Crippen LogP contribution in [0.4, 0.5) is 5.95 Å². The number of aryl methyl sites for hydroxylation is 2. The molecule has 0 aliphatic rings. The van der Waals surface area contributed by atoms with Gasteiger partial charge in [0.2, 0.25) is 0 Å². The lowest BCUT2D eigenvalue weighted by atomic mass is 10.0. The standard InChI is InChI=1S/C17H15N5O/c1-9-7-12(5-6-19-9)16-15(21-17(18)22-16)11-3-4-14-13(8-11)20-10(2)23-14/h3-8H,1-2H3,(H3,18,21,22). The van der Waals surface area contributed by atoms with Gasteiger partial charge in [0.25, 0.3) is 0 Å². The third-order valence-electron chi connectivity index (χ3n) is 3.68. The first-order chi connectivity index (χ1) is 11.1. The number of nitrogen functional groups attached to an aromatic ring is 1. The van der Waals surface area contributed by atoms with Crippen molar-refractivity contribution in [2.75, 3.05) is 5.73 Å². The molecule has 0 aliphatic heterocycles. The average Bonchev–Trinajstić information content (AvgIpc) is 3.08. The molecule has 0 bridgehead atoms. The van der Waals surface area contributed by atoms with Gasteiger partial charge >= 0.3 is 0 Å². The van der Waals surface area contributed by atoms with Crippen LogP contribution >= 0.6 is 0 Å². The van der Waals surface area contributed by atoms with Crippen molar-refractivity contribution in [1.82, 2.24) is 19.9 Å². The molecule has 6 heteroatoms. The summed E-state index contributed by atoms with van der Waals surface area (Å²) in [6.07, 6.45) is 1.77. The molecule has 0 unspecified atom stereocenters. The van der Waals surface area contributed by atoms with Gasteiger partial charge in [0.05, 0.1) is 11.4 Å². The van der Waals surface area contributed by atoms with Crippen LogP contribution in [0.1, 0.15) is 11.6 Å². The first kappa shape index (κ1) is 13.5. The Morgan fingerprint density at radius 1 is 1.04 bits per heavy atom. The van der Waals surface area contributed by atoms with Crippen LogP contribution in [0, 0.1) is 13.8 Å². The number of fused-ring (bicyclic) bond motifs is 1. The van der Waals surface area contributed by atoms with Crippen molar-refractivity contribution >= 4 is 17.0 Å². The molecule has 4 rings (SSSR count). The maximum absolute atomic E-state index is 5.89. The van der Waals surface area contributed by atoms with E-state index < -0.39 is 0 Å². The van der Waals surface area contributed by atoms with Crippen LogP contribution in [-0.2, 0) is 0 Å². The Kier molecular flexibility index (Phi) is 2.90. The summed E-state index contributed by atoms with van der Waals surface area (Å²) in [5.74, 6) is 1.02. The Balaban J connectivity index is 1.90. The normalized spacial score (nSPS) is 11.2. The van der Waals surface area contributed by atoms with Crippen LogP contribution in [0.2, 0.25) is 0 Å². The van der Waals surface area contributed by atoms with E-state index in [1.807, 2.05) is 44.2 Å². The number of H-pyrrole nitrogens is 1. The molecule has 6 nitrogen and oxygen atoms in total. The first-order valence-corrected chi connectivity index (χ1v) is 7.26. The summed E-state index contributed by atoms with van der Waals surface area (Å²) >= 11 is 0. The van der Waals surface area contributed by atoms with Crippen molar-refractivity contribution in [3.63, 3.8) is 0 Å². The van der Waals surface area contributed by atoms with Gasteiger partial charge in [-0.05, 0) is 37.3 Å². The molecule has 0 atom stereocenters. The van der Waals surface area contributed by atoms with Crippen molar-refractivity contribution in [3.8, 4) is 22.5 Å². The van der Waals surface area contributed by atoms with E-state index in [2.05, 4.69) is 19.9 Å². The van der Waals surface area contributed by atoms with Crippen LogP contribution in [0.5, 0.6) is 0 Å². The van der Waals surface area contributed by atoms with E-state index in [-0.39, 0.29) is 0 Å². The Morgan fingerprint density at radius 2 is 1.91 bits per heavy atom. The van der Waals surface area contributed by atoms with Gasteiger partial charge in [-0.15, -0.1) is 0 Å². The minimum Gasteiger partial charge on any atom is -0.441 e. The second-order valence-corrected chi connectivity index (χ2v) is 5.45. The van der Waals surface area contributed by atoms with E-state index in [0.29, 0.717) is 11.8 Å². The number of imidazole rings is 1. The van der Waals surface area contributed by atoms with E-state index in [1.165, 1.54) is 0 Å². The quantitative estimate of drug-likeness (QED) is 0.591. The van der Waals surface area contributed by atoms with Gasteiger partial charge in [0.15, 0.2) is 17.4 Å². The summed E-state index contributed by atoms with van der Waals surface area (Å²) in [6.45, 7) is 3.78. The van der Waals surface area contributed by atoms with Crippen LogP contribution in [0.3, 0.4) is 0 Å². The van der Waals surface area contributed by atoms with Crippen LogP contribution in [0.25, 0.3) is 33.6 Å². The molecule has 0 aliphatic carbocycles. The van der Waals surface area contributed by atoms with Crippen molar-refractivity contribution in [2.45, 2.75) is 13.8 Å². The molecule has 23 heavy (non-hydrogen) atoms. The summed E-state index contributed by atoms with van der Waals surface area (Å²) in [5.41, 5.74) is 12.0. The maximum Gasteiger partial charge on any atom is 0.198 e. The summed E-state index contributed by atoms with van der Waals surface area (Å²) in [4.78, 5) is 16.2. The zero-order valence-corrected chi connectivity index (χ0v) is 12.8. The highest BCUT2D eigenvalue weighted by atomic mass is 16.3. The molecular formula is C17H15N5O. The van der Waals surface area contributed by atoms with Gasteiger partial charge in [0, 0.05) is 29.9 Å². The molecule has 3 heterocycles. The molecule has 0 spiro atoms. The lowest BCUT2D eigenvalue weighted by Crippen LogP contribution is -1.87. The van der Waals surface area contributed by atoms with E-state index >= 15 is 0 Å². The summed E-state index contributed by atoms with van der Waals surface area (Å²) in [7, 11) is 0. The van der Waals surface area contributed by atoms with Gasteiger partial charge < -0.3 is 15.1 Å². The van der Waals surface area contributed by atoms with Crippen molar-refractivity contribution in [1.29, 1.82) is 0 Å². The first-order valence-electron chi connectivity index (χ1n) is 7.26. The smallest absolute Gasteiger partial charge is 0.198 e. The highest BCUT2D eigenvalue weighted by Crippen LogP contribution is 2.32. The Labute approximate surface area is 132 Å². The van der Waals surface area contributed by atoms with Gasteiger partial charge in [-0.25, -0.2) is 9.97 Å². The van der Waals surface area contributed by atoms with Gasteiger partial charge in [-0.1, -0.05) is 0 Å². The molecule has 4 aromatic rings. The van der Waals surface area contributed by atoms with E-state index in [4.69, 9.17) is 10.2 Å². The molecule has 0 saturated heterocycles. The monoisotopic (exact) mass is 305 g/mol. The zero-order chi connectivity index (χ0) is 16.0. The number of aromatic amines is 1. The summed E-state index contributed by atoms with van der Waals surface area (Å²) < 4.78 is 5.52. The van der Waals surface area contributed by atoms with E-state index in [1.54, 1.807) is 6.20 Å². The van der Waals surface area contributed by atoms with Crippen molar-refractivity contribution in [3.05, 3.63) is 48.1 Å². The largest absolute Gasteiger partial charge is 0.441 e. The number of hydrogen-bond donors (Lipinski definition) is 2. The van der Waals surface area contributed by atoms with Crippen LogP contribution in [-0.4, -0.2) is 19.9 Å². The topological polar surface area (TPSA) is 93.6 Å². The van der Waals surface area contributed by atoms with Crippen molar-refractivity contribution in [2.24, 2.45) is 0 Å². The number of hydrogen-bond acceptors (Lipinski definition) is 5. The highest BCUT2D eigenvalue weighted by molar-refractivity contribution is 5.85. The van der Waals surface area contributed by atoms with E-state index in [9.17, 15) is 0 Å². The zero-order valence-electron chi connectivity index (χ0n) is 12.8.